The number of carbonyl (C=O) groups is 2. The molecule has 3 aliphatic rings. The highest BCUT2D eigenvalue weighted by atomic mass is 16.5. The summed E-state index contributed by atoms with van der Waals surface area (Å²) >= 11 is 0. The summed E-state index contributed by atoms with van der Waals surface area (Å²) < 4.78 is 6.26. The summed E-state index contributed by atoms with van der Waals surface area (Å²) in [5.74, 6) is -1.08. The van der Waals surface area contributed by atoms with E-state index in [4.69, 9.17) is 4.74 Å². The van der Waals surface area contributed by atoms with E-state index in [1.54, 1.807) is 30.5 Å². The average Bonchev–Trinajstić information content (AvgIpc) is 3.39. The Hall–Kier alpha value is -3.06. The second-order valence-electron chi connectivity index (χ2n) is 8.92. The molecule has 0 N–H and O–H groups in total. The molecule has 5 rings (SSSR count). The van der Waals surface area contributed by atoms with Crippen LogP contribution in [0.5, 0.6) is 0 Å². The van der Waals surface area contributed by atoms with Crippen LogP contribution in [0, 0.1) is 25.7 Å². The Balaban J connectivity index is 1.37. The fraction of sp³-hybridized carbons (Fsp3) is 0.417. The molecule has 0 aliphatic carbocycles. The van der Waals surface area contributed by atoms with Crippen LogP contribution >= 0.6 is 0 Å². The first-order chi connectivity index (χ1) is 14.9. The lowest BCUT2D eigenvalue weighted by atomic mass is 9.76. The minimum atomic E-state index is -0.701. The molecular weight excluding hydrogens is 392 g/mol. The summed E-state index contributed by atoms with van der Waals surface area (Å²) in [7, 11) is 1.74. The van der Waals surface area contributed by atoms with Crippen LogP contribution in [0.2, 0.25) is 0 Å². The Morgan fingerprint density at radius 1 is 1.32 bits per heavy atom. The molecule has 1 aromatic carbocycles. The number of carbonyl (C=O) groups excluding carboxylic acids is 2. The summed E-state index contributed by atoms with van der Waals surface area (Å²) in [6.45, 7) is 5.47. The fourth-order valence-corrected chi connectivity index (χ4v) is 5.16. The Bertz CT molecular complexity index is 1070. The lowest BCUT2D eigenvalue weighted by Crippen LogP contribution is -2.44. The molecule has 2 saturated heterocycles. The Kier molecular flexibility index (Phi) is 4.66. The third kappa shape index (κ3) is 3.24. The van der Waals surface area contributed by atoms with E-state index in [0.29, 0.717) is 25.3 Å². The molecule has 3 aliphatic heterocycles. The van der Waals surface area contributed by atoms with E-state index in [0.717, 1.165) is 11.1 Å². The molecule has 7 heteroatoms. The van der Waals surface area contributed by atoms with Gasteiger partial charge in [0.05, 0.1) is 42.9 Å². The highest BCUT2D eigenvalue weighted by Gasteiger charge is 2.67. The van der Waals surface area contributed by atoms with E-state index >= 15 is 0 Å². The minimum Gasteiger partial charge on any atom is -0.360 e. The molecule has 2 fully saturated rings. The van der Waals surface area contributed by atoms with Crippen molar-refractivity contribution in [3.8, 4) is 0 Å². The second-order valence-corrected chi connectivity index (χ2v) is 8.92. The van der Waals surface area contributed by atoms with Crippen LogP contribution in [0.4, 0.5) is 0 Å². The van der Waals surface area contributed by atoms with Crippen LogP contribution in [0.25, 0.3) is 0 Å². The lowest BCUT2D eigenvalue weighted by Gasteiger charge is -2.27. The molecule has 4 atom stereocenters. The molecule has 2 aromatic rings. The van der Waals surface area contributed by atoms with E-state index in [-0.39, 0.29) is 17.9 Å². The molecular formula is C24H26N4O3. The number of amides is 2. The first-order valence-electron chi connectivity index (χ1n) is 10.6. The molecule has 0 radical (unpaired) electrons. The summed E-state index contributed by atoms with van der Waals surface area (Å²) in [5.41, 5.74) is 3.46. The van der Waals surface area contributed by atoms with Gasteiger partial charge in [0.25, 0.3) is 0 Å². The largest absolute Gasteiger partial charge is 0.360 e. The minimum absolute atomic E-state index is 0.000918. The summed E-state index contributed by atoms with van der Waals surface area (Å²) in [6, 6.07) is 6.28. The van der Waals surface area contributed by atoms with Crippen LogP contribution < -0.4 is 0 Å². The molecule has 1 spiro atoms. The fourth-order valence-electron chi connectivity index (χ4n) is 5.16. The highest BCUT2D eigenvalue weighted by molar-refractivity contribution is 5.93. The van der Waals surface area contributed by atoms with Crippen molar-refractivity contribution in [3.63, 3.8) is 0 Å². The molecule has 4 heterocycles. The van der Waals surface area contributed by atoms with Gasteiger partial charge in [-0.15, -0.1) is 0 Å². The number of ether oxygens (including phenoxy) is 1. The maximum Gasteiger partial charge on any atom is 0.230 e. The van der Waals surface area contributed by atoms with Crippen molar-refractivity contribution in [2.45, 2.75) is 38.6 Å². The van der Waals surface area contributed by atoms with Crippen molar-refractivity contribution in [1.29, 1.82) is 0 Å². The van der Waals surface area contributed by atoms with Crippen molar-refractivity contribution in [2.24, 2.45) is 11.8 Å². The van der Waals surface area contributed by atoms with E-state index in [1.165, 1.54) is 5.56 Å². The monoisotopic (exact) mass is 418 g/mol. The second kappa shape index (κ2) is 7.27. The Labute approximate surface area is 181 Å². The van der Waals surface area contributed by atoms with Crippen molar-refractivity contribution in [3.05, 3.63) is 71.3 Å². The molecule has 2 amide bonds. The first-order valence-corrected chi connectivity index (χ1v) is 10.6. The first kappa shape index (κ1) is 19.9. The maximum absolute atomic E-state index is 13.5. The smallest absolute Gasteiger partial charge is 0.230 e. The van der Waals surface area contributed by atoms with Gasteiger partial charge in [-0.05, 0) is 25.0 Å². The molecule has 7 nitrogen and oxygen atoms in total. The van der Waals surface area contributed by atoms with E-state index in [9.17, 15) is 9.59 Å². The normalized spacial score (nSPS) is 28.3. The number of fused-ring (bicyclic) bond motifs is 1. The predicted molar refractivity (Wildman–Crippen MR) is 114 cm³/mol. The summed E-state index contributed by atoms with van der Waals surface area (Å²) in [5, 5.41) is 0. The van der Waals surface area contributed by atoms with Gasteiger partial charge >= 0.3 is 0 Å². The van der Waals surface area contributed by atoms with E-state index in [2.05, 4.69) is 42.0 Å². The number of aryl methyl sites for hydroxylation is 2. The van der Waals surface area contributed by atoms with E-state index < -0.39 is 17.4 Å². The van der Waals surface area contributed by atoms with Gasteiger partial charge in [-0.3, -0.25) is 19.6 Å². The standard InChI is InChI=1S/C24H26N4O3/c1-15-4-5-16(2)17(10-15)12-28-14-24-7-6-19(31-24)20(21(24)23(28)30)22(29)27(3)13-18-11-25-8-9-26-18/h4-11,19-21H,12-14H2,1-3H3/t19-,20?,21?,24-/m1/s1. The number of rotatable bonds is 5. The number of nitrogens with zero attached hydrogens (tertiary/aromatic N) is 4. The predicted octanol–water partition coefficient (Wildman–Crippen LogP) is 2.03. The Morgan fingerprint density at radius 3 is 2.94 bits per heavy atom. The van der Waals surface area contributed by atoms with Crippen LogP contribution in [-0.4, -0.2) is 56.9 Å². The molecule has 2 bridgehead atoms. The van der Waals surface area contributed by atoms with Crippen molar-refractivity contribution >= 4 is 11.8 Å². The van der Waals surface area contributed by atoms with Gasteiger partial charge in [0.15, 0.2) is 0 Å². The summed E-state index contributed by atoms with van der Waals surface area (Å²) in [6.07, 6.45) is 8.45. The number of benzene rings is 1. The molecule has 2 unspecified atom stereocenters. The number of aromatic nitrogens is 2. The van der Waals surface area contributed by atoms with Gasteiger partial charge in [0.2, 0.25) is 11.8 Å². The zero-order valence-corrected chi connectivity index (χ0v) is 18.0. The third-order valence-electron chi connectivity index (χ3n) is 6.72. The lowest BCUT2D eigenvalue weighted by molar-refractivity contribution is -0.143. The zero-order valence-electron chi connectivity index (χ0n) is 18.0. The van der Waals surface area contributed by atoms with Gasteiger partial charge in [0.1, 0.15) is 5.60 Å². The van der Waals surface area contributed by atoms with Gasteiger partial charge in [-0.2, -0.15) is 0 Å². The third-order valence-corrected chi connectivity index (χ3v) is 6.72. The number of hydrogen-bond acceptors (Lipinski definition) is 5. The number of likely N-dealkylation sites (tertiary alicyclic amines) is 1. The highest BCUT2D eigenvalue weighted by Crippen LogP contribution is 2.52. The van der Waals surface area contributed by atoms with Gasteiger partial charge in [-0.25, -0.2) is 0 Å². The topological polar surface area (TPSA) is 75.6 Å². The van der Waals surface area contributed by atoms with E-state index in [1.807, 2.05) is 17.1 Å². The number of hydrogen-bond donors (Lipinski definition) is 0. The molecule has 31 heavy (non-hydrogen) atoms. The maximum atomic E-state index is 13.5. The molecule has 1 aromatic heterocycles. The van der Waals surface area contributed by atoms with Gasteiger partial charge in [0, 0.05) is 26.0 Å². The SMILES string of the molecule is Cc1ccc(C)c(CN2C[C@@]34C=C[C@@H](O3)C(C(=O)N(C)Cc3cnccn3)C4C2=O)c1. The van der Waals surface area contributed by atoms with Crippen LogP contribution in [0.15, 0.2) is 48.9 Å². The quantitative estimate of drug-likeness (QED) is 0.695. The van der Waals surface area contributed by atoms with Crippen molar-refractivity contribution in [1.82, 2.24) is 19.8 Å². The molecule has 160 valence electrons. The summed E-state index contributed by atoms with van der Waals surface area (Å²) in [4.78, 5) is 38.7. The van der Waals surface area contributed by atoms with Gasteiger partial charge in [-0.1, -0.05) is 35.9 Å². The molecule has 0 saturated carbocycles. The average molecular weight is 418 g/mol. The Morgan fingerprint density at radius 2 is 2.16 bits per heavy atom. The van der Waals surface area contributed by atoms with Crippen LogP contribution in [0.1, 0.15) is 22.4 Å². The van der Waals surface area contributed by atoms with Crippen molar-refractivity contribution < 1.29 is 14.3 Å². The van der Waals surface area contributed by atoms with Crippen LogP contribution in [-0.2, 0) is 27.4 Å². The van der Waals surface area contributed by atoms with Gasteiger partial charge < -0.3 is 14.5 Å². The van der Waals surface area contributed by atoms with Crippen molar-refractivity contribution in [2.75, 3.05) is 13.6 Å². The zero-order chi connectivity index (χ0) is 21.8. The van der Waals surface area contributed by atoms with Crippen LogP contribution in [0.3, 0.4) is 0 Å².